The van der Waals surface area contributed by atoms with Crippen molar-refractivity contribution in [1.82, 2.24) is 5.32 Å². The van der Waals surface area contributed by atoms with Gasteiger partial charge in [-0.3, -0.25) is 4.79 Å². The minimum absolute atomic E-state index is 0.371. The molecule has 1 fully saturated rings. The van der Waals surface area contributed by atoms with Gasteiger partial charge in [-0.25, -0.2) is 0 Å². The summed E-state index contributed by atoms with van der Waals surface area (Å²) in [7, 11) is 1.34. The Morgan fingerprint density at radius 1 is 1.50 bits per heavy atom. The van der Waals surface area contributed by atoms with Crippen LogP contribution in [-0.2, 0) is 14.3 Å². The van der Waals surface area contributed by atoms with Gasteiger partial charge in [-0.2, -0.15) is 0 Å². The number of aliphatic hydroxyl groups is 3. The van der Waals surface area contributed by atoms with Crippen molar-refractivity contribution in [3.63, 3.8) is 0 Å². The van der Waals surface area contributed by atoms with Crippen molar-refractivity contribution in [2.45, 2.75) is 37.6 Å². The number of carbonyl (C=O) groups is 1. The van der Waals surface area contributed by atoms with Crippen LogP contribution in [0.2, 0.25) is 0 Å². The van der Waals surface area contributed by atoms with Gasteiger partial charge in [-0.05, 0) is 0 Å². The highest BCUT2D eigenvalue weighted by molar-refractivity contribution is 5.73. The summed E-state index contributed by atoms with van der Waals surface area (Å²) in [4.78, 5) is 10.9. The first-order valence-corrected chi connectivity index (χ1v) is 4.93. The average molecular weight is 235 g/mol. The van der Waals surface area contributed by atoms with Crippen LogP contribution >= 0.6 is 0 Å². The molecule has 94 valence electrons. The van der Waals surface area contributed by atoms with E-state index in [9.17, 15) is 15.0 Å². The van der Waals surface area contributed by atoms with Crippen molar-refractivity contribution in [3.05, 3.63) is 0 Å². The lowest BCUT2D eigenvalue weighted by atomic mass is 9.97. The largest absolute Gasteiger partial charge is 0.394 e. The summed E-state index contributed by atoms with van der Waals surface area (Å²) in [6.45, 7) is 0.842. The first-order valence-electron chi connectivity index (χ1n) is 4.93. The number of nitrogens with one attached hydrogen (secondary N) is 1. The molecule has 0 saturated carbocycles. The van der Waals surface area contributed by atoms with Crippen molar-refractivity contribution in [2.75, 3.05) is 13.7 Å². The number of methoxy groups -OCH3 is 1. The second-order valence-corrected chi connectivity index (χ2v) is 3.66. The number of rotatable bonds is 3. The van der Waals surface area contributed by atoms with Gasteiger partial charge in [0.1, 0.15) is 24.4 Å². The number of ether oxygens (including phenoxy) is 2. The summed E-state index contributed by atoms with van der Waals surface area (Å²) >= 11 is 0. The van der Waals surface area contributed by atoms with Crippen molar-refractivity contribution >= 4 is 5.91 Å². The predicted molar refractivity (Wildman–Crippen MR) is 52.4 cm³/mol. The van der Waals surface area contributed by atoms with Crippen molar-refractivity contribution < 1.29 is 29.6 Å². The zero-order valence-corrected chi connectivity index (χ0v) is 9.16. The third kappa shape index (κ3) is 2.69. The highest BCUT2D eigenvalue weighted by atomic mass is 16.6. The van der Waals surface area contributed by atoms with Gasteiger partial charge < -0.3 is 30.1 Å². The van der Waals surface area contributed by atoms with Crippen molar-refractivity contribution in [1.29, 1.82) is 0 Å². The molecule has 0 aromatic carbocycles. The Morgan fingerprint density at radius 3 is 2.56 bits per heavy atom. The highest BCUT2D eigenvalue weighted by Crippen LogP contribution is 2.21. The fourth-order valence-corrected chi connectivity index (χ4v) is 1.76. The van der Waals surface area contributed by atoms with Gasteiger partial charge in [0, 0.05) is 14.0 Å². The van der Waals surface area contributed by atoms with E-state index in [1.165, 1.54) is 14.0 Å². The van der Waals surface area contributed by atoms with Gasteiger partial charge in [0.25, 0.3) is 0 Å². The van der Waals surface area contributed by atoms with Gasteiger partial charge >= 0.3 is 0 Å². The average Bonchev–Trinajstić information content (AvgIpc) is 2.23. The molecule has 1 amide bonds. The van der Waals surface area contributed by atoms with Gasteiger partial charge in [0.2, 0.25) is 5.91 Å². The molecular formula is C9H17NO6. The number of amides is 1. The molecule has 7 heteroatoms. The maximum absolute atomic E-state index is 10.9. The summed E-state index contributed by atoms with van der Waals surface area (Å²) in [6.07, 6.45) is -4.19. The van der Waals surface area contributed by atoms with Gasteiger partial charge in [-0.15, -0.1) is 0 Å². The molecule has 0 aromatic rings. The fourth-order valence-electron chi connectivity index (χ4n) is 1.76. The molecule has 1 unspecified atom stereocenters. The zero-order valence-electron chi connectivity index (χ0n) is 9.16. The van der Waals surface area contributed by atoms with E-state index in [0.717, 1.165) is 0 Å². The summed E-state index contributed by atoms with van der Waals surface area (Å²) < 4.78 is 9.96. The summed E-state index contributed by atoms with van der Waals surface area (Å²) in [6, 6.07) is -0.861. The van der Waals surface area contributed by atoms with Crippen LogP contribution in [0.5, 0.6) is 0 Å². The summed E-state index contributed by atoms with van der Waals surface area (Å²) in [5.74, 6) is -0.371. The van der Waals surface area contributed by atoms with E-state index in [2.05, 4.69) is 5.32 Å². The molecule has 0 radical (unpaired) electrons. The highest BCUT2D eigenvalue weighted by Gasteiger charge is 2.45. The predicted octanol–water partition coefficient (Wildman–Crippen LogP) is -2.42. The third-order valence-electron chi connectivity index (χ3n) is 2.51. The Labute approximate surface area is 93.0 Å². The molecule has 7 nitrogen and oxygen atoms in total. The Hall–Kier alpha value is -0.730. The smallest absolute Gasteiger partial charge is 0.217 e. The number of hydrogen-bond donors (Lipinski definition) is 4. The van der Waals surface area contributed by atoms with E-state index in [0.29, 0.717) is 0 Å². The molecule has 1 rings (SSSR count). The summed E-state index contributed by atoms with van der Waals surface area (Å²) in [5.41, 5.74) is 0. The van der Waals surface area contributed by atoms with Crippen LogP contribution in [0, 0.1) is 0 Å². The van der Waals surface area contributed by atoms with Gasteiger partial charge in [0.15, 0.2) is 6.29 Å². The molecule has 0 bridgehead atoms. The maximum atomic E-state index is 10.9. The zero-order chi connectivity index (χ0) is 12.3. The lowest BCUT2D eigenvalue weighted by Gasteiger charge is -2.41. The second kappa shape index (κ2) is 5.55. The third-order valence-corrected chi connectivity index (χ3v) is 2.51. The minimum Gasteiger partial charge on any atom is -0.394 e. The first kappa shape index (κ1) is 13.3. The van der Waals surface area contributed by atoms with Crippen LogP contribution in [-0.4, -0.2) is 65.6 Å². The molecule has 1 aliphatic rings. The molecule has 1 saturated heterocycles. The quantitative estimate of drug-likeness (QED) is 0.433. The Bertz CT molecular complexity index is 248. The number of hydrogen-bond acceptors (Lipinski definition) is 6. The monoisotopic (exact) mass is 235 g/mol. The van der Waals surface area contributed by atoms with E-state index >= 15 is 0 Å². The standard InChI is InChI=1S/C9H17NO6/c1-4(12)10-6-8(15-2)7(13)5(3-11)16-9(6)14/h5-9,11,13-14H,3H2,1-2H3,(H,10,12)/t5-,6-,7-,8-,9?/m1/s1. The molecule has 5 atom stereocenters. The lowest BCUT2D eigenvalue weighted by Crippen LogP contribution is -2.64. The topological polar surface area (TPSA) is 108 Å². The number of aliphatic hydroxyl groups excluding tert-OH is 3. The van der Waals surface area contributed by atoms with Gasteiger partial charge in [-0.1, -0.05) is 0 Å². The Balaban J connectivity index is 2.78. The minimum atomic E-state index is -1.32. The second-order valence-electron chi connectivity index (χ2n) is 3.66. The van der Waals surface area contributed by atoms with E-state index in [1.807, 2.05) is 0 Å². The van der Waals surface area contributed by atoms with Crippen LogP contribution in [0.3, 0.4) is 0 Å². The molecular weight excluding hydrogens is 218 g/mol. The molecule has 0 aromatic heterocycles. The Morgan fingerprint density at radius 2 is 2.12 bits per heavy atom. The van der Waals surface area contributed by atoms with Crippen LogP contribution in [0.4, 0.5) is 0 Å². The SMILES string of the molecule is CO[C@H]1[C@H](O)[C@@H](CO)OC(O)[C@@H]1NC(C)=O. The van der Waals surface area contributed by atoms with Crippen LogP contribution in [0.15, 0.2) is 0 Å². The van der Waals surface area contributed by atoms with E-state index in [1.54, 1.807) is 0 Å². The van der Waals surface area contributed by atoms with Gasteiger partial charge in [0.05, 0.1) is 6.61 Å². The fraction of sp³-hybridized carbons (Fsp3) is 0.889. The molecule has 4 N–H and O–H groups in total. The molecule has 16 heavy (non-hydrogen) atoms. The van der Waals surface area contributed by atoms with Crippen LogP contribution in [0.25, 0.3) is 0 Å². The van der Waals surface area contributed by atoms with Crippen molar-refractivity contribution in [2.24, 2.45) is 0 Å². The van der Waals surface area contributed by atoms with Crippen molar-refractivity contribution in [3.8, 4) is 0 Å². The summed E-state index contributed by atoms with van der Waals surface area (Å²) in [5, 5.41) is 30.7. The first-order chi connectivity index (χ1) is 7.51. The number of carbonyl (C=O) groups excluding carboxylic acids is 1. The normalized spacial score (nSPS) is 39.4. The maximum Gasteiger partial charge on any atom is 0.217 e. The van der Waals surface area contributed by atoms with Crippen LogP contribution in [0.1, 0.15) is 6.92 Å². The van der Waals surface area contributed by atoms with Crippen LogP contribution < -0.4 is 5.32 Å². The lowest BCUT2D eigenvalue weighted by molar-refractivity contribution is -0.258. The molecule has 0 spiro atoms. The Kier molecular flexibility index (Phi) is 4.63. The van der Waals surface area contributed by atoms with E-state index in [-0.39, 0.29) is 5.91 Å². The molecule has 1 aliphatic heterocycles. The van der Waals surface area contributed by atoms with E-state index < -0.39 is 37.3 Å². The molecule has 0 aliphatic carbocycles. The molecule has 1 heterocycles. The van der Waals surface area contributed by atoms with E-state index in [4.69, 9.17) is 14.6 Å².